The zero-order valence-electron chi connectivity index (χ0n) is 16.4. The quantitative estimate of drug-likeness (QED) is 0.360. The van der Waals surface area contributed by atoms with Gasteiger partial charge in [0.25, 0.3) is 0 Å². The van der Waals surface area contributed by atoms with Gasteiger partial charge in [-0.25, -0.2) is 0 Å². The first-order valence-electron chi connectivity index (χ1n) is 10.7. The SMILES string of the molecule is C=CCOCc1ccc([C@H]2CC[C@H]([C@H]3CC[C@H](CC=C)CC3)CC2)cc1. The molecule has 0 unspecified atom stereocenters. The number of allylic oxidation sites excluding steroid dienone is 1. The highest BCUT2D eigenvalue weighted by Crippen LogP contribution is 2.44. The summed E-state index contributed by atoms with van der Waals surface area (Å²) in [6.45, 7) is 8.92. The van der Waals surface area contributed by atoms with Crippen LogP contribution in [0.15, 0.2) is 49.6 Å². The van der Waals surface area contributed by atoms with Crippen molar-refractivity contribution >= 4 is 0 Å². The second kappa shape index (κ2) is 10.1. The van der Waals surface area contributed by atoms with Crippen LogP contribution in [0.25, 0.3) is 0 Å². The molecule has 0 N–H and O–H groups in total. The van der Waals surface area contributed by atoms with E-state index in [-0.39, 0.29) is 0 Å². The number of rotatable bonds is 8. The van der Waals surface area contributed by atoms with E-state index in [2.05, 4.69) is 43.5 Å². The zero-order valence-corrected chi connectivity index (χ0v) is 16.4. The fourth-order valence-corrected chi connectivity index (χ4v) is 5.20. The van der Waals surface area contributed by atoms with Crippen molar-refractivity contribution in [1.29, 1.82) is 0 Å². The van der Waals surface area contributed by atoms with Gasteiger partial charge in [0.15, 0.2) is 0 Å². The van der Waals surface area contributed by atoms with Gasteiger partial charge in [-0.2, -0.15) is 0 Å². The summed E-state index contributed by atoms with van der Waals surface area (Å²) in [5, 5.41) is 0. The molecule has 26 heavy (non-hydrogen) atoms. The summed E-state index contributed by atoms with van der Waals surface area (Å²) in [5.41, 5.74) is 2.80. The van der Waals surface area contributed by atoms with Gasteiger partial charge in [-0.15, -0.1) is 13.2 Å². The van der Waals surface area contributed by atoms with E-state index in [0.717, 1.165) is 23.7 Å². The summed E-state index contributed by atoms with van der Waals surface area (Å²) in [7, 11) is 0. The Morgan fingerprint density at radius 1 is 0.808 bits per heavy atom. The lowest BCUT2D eigenvalue weighted by Crippen LogP contribution is -2.25. The van der Waals surface area contributed by atoms with Gasteiger partial charge in [-0.3, -0.25) is 0 Å². The minimum absolute atomic E-state index is 0.626. The van der Waals surface area contributed by atoms with Crippen LogP contribution in [0.4, 0.5) is 0 Å². The third kappa shape index (κ3) is 5.33. The van der Waals surface area contributed by atoms with Crippen LogP contribution in [0.1, 0.15) is 74.8 Å². The number of ether oxygens (including phenoxy) is 1. The second-order valence-corrected chi connectivity index (χ2v) is 8.46. The number of hydrogen-bond acceptors (Lipinski definition) is 1. The monoisotopic (exact) mass is 352 g/mol. The van der Waals surface area contributed by atoms with Crippen LogP contribution in [0.2, 0.25) is 0 Å². The van der Waals surface area contributed by atoms with Crippen LogP contribution in [0.5, 0.6) is 0 Å². The van der Waals surface area contributed by atoms with E-state index in [4.69, 9.17) is 4.74 Å². The summed E-state index contributed by atoms with van der Waals surface area (Å²) >= 11 is 0. The third-order valence-electron chi connectivity index (χ3n) is 6.79. The summed E-state index contributed by atoms with van der Waals surface area (Å²) < 4.78 is 5.53. The van der Waals surface area contributed by atoms with Crippen LogP contribution in [0, 0.1) is 17.8 Å². The molecule has 1 heteroatoms. The van der Waals surface area contributed by atoms with Crippen molar-refractivity contribution in [1.82, 2.24) is 0 Å². The van der Waals surface area contributed by atoms with Crippen molar-refractivity contribution in [3.05, 3.63) is 60.7 Å². The molecule has 0 bridgehead atoms. The molecule has 2 fully saturated rings. The Balaban J connectivity index is 1.43. The van der Waals surface area contributed by atoms with Crippen LogP contribution in [-0.2, 0) is 11.3 Å². The van der Waals surface area contributed by atoms with Gasteiger partial charge in [-0.05, 0) is 92.6 Å². The van der Waals surface area contributed by atoms with Gasteiger partial charge >= 0.3 is 0 Å². The van der Waals surface area contributed by atoms with Crippen LogP contribution in [0.3, 0.4) is 0 Å². The molecular weight excluding hydrogens is 316 g/mol. The van der Waals surface area contributed by atoms with Crippen molar-refractivity contribution in [2.24, 2.45) is 17.8 Å². The van der Waals surface area contributed by atoms with Crippen molar-refractivity contribution in [3.8, 4) is 0 Å². The summed E-state index contributed by atoms with van der Waals surface area (Å²) in [5.74, 6) is 3.68. The van der Waals surface area contributed by atoms with Gasteiger partial charge in [0, 0.05) is 0 Å². The summed E-state index contributed by atoms with van der Waals surface area (Å²) in [4.78, 5) is 0. The molecular formula is C25H36O. The Bertz CT molecular complexity index is 542. The molecule has 1 nitrogen and oxygen atoms in total. The molecule has 1 aromatic carbocycles. The second-order valence-electron chi connectivity index (χ2n) is 8.46. The van der Waals surface area contributed by atoms with Crippen molar-refractivity contribution in [2.75, 3.05) is 6.61 Å². The average molecular weight is 353 g/mol. The molecule has 2 saturated carbocycles. The maximum atomic E-state index is 5.53. The van der Waals surface area contributed by atoms with E-state index in [9.17, 15) is 0 Å². The maximum absolute atomic E-state index is 5.53. The lowest BCUT2D eigenvalue weighted by molar-refractivity contribution is 0.149. The largest absolute Gasteiger partial charge is 0.373 e. The molecule has 1 aromatic rings. The molecule has 0 aliphatic heterocycles. The van der Waals surface area contributed by atoms with Gasteiger partial charge in [0.1, 0.15) is 0 Å². The predicted molar refractivity (Wildman–Crippen MR) is 111 cm³/mol. The minimum atomic E-state index is 0.626. The molecule has 0 aromatic heterocycles. The highest BCUT2D eigenvalue weighted by Gasteiger charge is 2.30. The minimum Gasteiger partial charge on any atom is -0.373 e. The van der Waals surface area contributed by atoms with Crippen LogP contribution in [-0.4, -0.2) is 6.61 Å². The highest BCUT2D eigenvalue weighted by molar-refractivity contribution is 5.25. The average Bonchev–Trinajstić information content (AvgIpc) is 2.70. The van der Waals surface area contributed by atoms with E-state index in [1.54, 1.807) is 6.08 Å². The molecule has 0 atom stereocenters. The number of benzene rings is 1. The molecule has 0 spiro atoms. The first-order chi connectivity index (χ1) is 12.8. The summed E-state index contributed by atoms with van der Waals surface area (Å²) in [6.07, 6.45) is 16.6. The van der Waals surface area contributed by atoms with Crippen LogP contribution >= 0.6 is 0 Å². The Morgan fingerprint density at radius 3 is 2.00 bits per heavy atom. The fourth-order valence-electron chi connectivity index (χ4n) is 5.20. The normalized spacial score (nSPS) is 29.2. The molecule has 0 heterocycles. The Morgan fingerprint density at radius 2 is 1.42 bits per heavy atom. The van der Waals surface area contributed by atoms with E-state index in [0.29, 0.717) is 13.2 Å². The maximum Gasteiger partial charge on any atom is 0.0721 e. The molecule has 0 saturated heterocycles. The first-order valence-corrected chi connectivity index (χ1v) is 10.7. The molecule has 2 aliphatic carbocycles. The third-order valence-corrected chi connectivity index (χ3v) is 6.79. The number of hydrogen-bond donors (Lipinski definition) is 0. The van der Waals surface area contributed by atoms with E-state index >= 15 is 0 Å². The van der Waals surface area contributed by atoms with Crippen LogP contribution < -0.4 is 0 Å². The molecule has 2 aliphatic rings. The lowest BCUT2D eigenvalue weighted by Gasteiger charge is -2.38. The molecule has 0 radical (unpaired) electrons. The Labute approximate surface area is 160 Å². The zero-order chi connectivity index (χ0) is 18.2. The van der Waals surface area contributed by atoms with Gasteiger partial charge < -0.3 is 4.74 Å². The molecule has 0 amide bonds. The van der Waals surface area contributed by atoms with E-state index in [1.165, 1.54) is 68.9 Å². The van der Waals surface area contributed by atoms with Gasteiger partial charge in [0.2, 0.25) is 0 Å². The van der Waals surface area contributed by atoms with E-state index < -0.39 is 0 Å². The van der Waals surface area contributed by atoms with Crippen molar-refractivity contribution in [3.63, 3.8) is 0 Å². The topological polar surface area (TPSA) is 9.23 Å². The van der Waals surface area contributed by atoms with E-state index in [1.807, 2.05) is 0 Å². The van der Waals surface area contributed by atoms with Gasteiger partial charge in [0.05, 0.1) is 13.2 Å². The Kier molecular flexibility index (Phi) is 7.55. The highest BCUT2D eigenvalue weighted by atomic mass is 16.5. The first kappa shape index (κ1) is 19.4. The molecule has 142 valence electrons. The fraction of sp³-hybridized carbons (Fsp3) is 0.600. The lowest BCUT2D eigenvalue weighted by atomic mass is 9.68. The predicted octanol–water partition coefficient (Wildman–Crippen LogP) is 7.05. The van der Waals surface area contributed by atoms with Crippen molar-refractivity contribution < 1.29 is 4.74 Å². The molecule has 3 rings (SSSR count). The Hall–Kier alpha value is -1.34. The summed E-state index contributed by atoms with van der Waals surface area (Å²) in [6, 6.07) is 9.15. The van der Waals surface area contributed by atoms with Crippen molar-refractivity contribution in [2.45, 2.75) is 70.3 Å². The smallest absolute Gasteiger partial charge is 0.0721 e. The van der Waals surface area contributed by atoms with Gasteiger partial charge in [-0.1, -0.05) is 36.4 Å². The standard InChI is InChI=1S/C25H36O/c1-3-5-20-6-10-22(11-7-20)24-14-16-25(17-15-24)23-12-8-21(9-13-23)19-26-18-4-2/h3-4,8-9,12-13,20,22,24-25H,1-2,5-7,10-11,14-19H2/t20-,22-,24-,25-.